The molecule has 0 aliphatic heterocycles. The zero-order valence-corrected chi connectivity index (χ0v) is 21.6. The molecule has 38 heavy (non-hydrogen) atoms. The zero-order valence-electron chi connectivity index (χ0n) is 21.6. The molecule has 7 nitrogen and oxygen atoms in total. The molecule has 2 aromatic carbocycles. The van der Waals surface area contributed by atoms with Crippen LogP contribution in [0.25, 0.3) is 22.2 Å². The number of hydrogen-bond acceptors (Lipinski definition) is 7. The molecule has 0 radical (unpaired) electrons. The number of likely N-dealkylation sites (N-methyl/N-ethyl adjacent to an activating group) is 1. The summed E-state index contributed by atoms with van der Waals surface area (Å²) in [7, 11) is 4.14. The van der Waals surface area contributed by atoms with Crippen molar-refractivity contribution in [3.63, 3.8) is 0 Å². The Morgan fingerprint density at radius 2 is 1.76 bits per heavy atom. The third-order valence-corrected chi connectivity index (χ3v) is 6.39. The number of aromatic nitrogens is 2. The fourth-order valence-corrected chi connectivity index (χ4v) is 4.29. The van der Waals surface area contributed by atoms with Crippen molar-refractivity contribution >= 4 is 22.3 Å². The third kappa shape index (κ3) is 6.06. The summed E-state index contributed by atoms with van der Waals surface area (Å²) >= 11 is 0. The molecule has 0 saturated carbocycles. The standard InChI is InChI=1S/C31H30N6O/c1-37(2)13-12-33-18-24-5-10-29(34-19-24)25-6-9-28-30(16-25)35-20-26(17-32)31(28)36-27-7-3-22(4-8-27)15-23-11-14-38-21-23/h3-11,14,16,19-21,33H,12-13,15,18H2,1-2H3,(H,35,36). The van der Waals surface area contributed by atoms with Gasteiger partial charge in [0.05, 0.1) is 35.0 Å². The predicted octanol–water partition coefficient (Wildman–Crippen LogP) is 5.75. The van der Waals surface area contributed by atoms with Gasteiger partial charge in [0, 0.05) is 55.1 Å². The Labute approximate surface area is 222 Å². The SMILES string of the molecule is CN(C)CCNCc1ccc(-c2ccc3c(Nc4ccc(Cc5ccoc5)cc4)c(C#N)cnc3c2)nc1. The molecule has 0 saturated heterocycles. The van der Waals surface area contributed by atoms with Gasteiger partial charge in [0.2, 0.25) is 0 Å². The number of rotatable bonds is 10. The highest BCUT2D eigenvalue weighted by molar-refractivity contribution is 5.97. The second-order valence-electron chi connectivity index (χ2n) is 9.55. The van der Waals surface area contributed by atoms with E-state index in [-0.39, 0.29) is 0 Å². The summed E-state index contributed by atoms with van der Waals surface area (Å²) in [6, 6.07) is 22.7. The Morgan fingerprint density at radius 3 is 2.47 bits per heavy atom. The molecule has 3 aromatic heterocycles. The number of hydrogen-bond donors (Lipinski definition) is 2. The van der Waals surface area contributed by atoms with E-state index in [1.807, 2.05) is 48.7 Å². The maximum Gasteiger partial charge on any atom is 0.103 e. The van der Waals surface area contributed by atoms with Crippen LogP contribution in [-0.2, 0) is 13.0 Å². The summed E-state index contributed by atoms with van der Waals surface area (Å²) < 4.78 is 5.17. The average molecular weight is 503 g/mol. The van der Waals surface area contributed by atoms with Crippen LogP contribution in [0.3, 0.4) is 0 Å². The van der Waals surface area contributed by atoms with E-state index in [9.17, 15) is 5.26 Å². The van der Waals surface area contributed by atoms with Gasteiger partial charge < -0.3 is 20.0 Å². The van der Waals surface area contributed by atoms with Gasteiger partial charge in [-0.15, -0.1) is 0 Å². The maximum atomic E-state index is 9.75. The van der Waals surface area contributed by atoms with Crippen LogP contribution in [0.5, 0.6) is 0 Å². The van der Waals surface area contributed by atoms with Gasteiger partial charge >= 0.3 is 0 Å². The quantitative estimate of drug-likeness (QED) is 0.235. The largest absolute Gasteiger partial charge is 0.472 e. The average Bonchev–Trinajstić information content (AvgIpc) is 3.45. The van der Waals surface area contributed by atoms with E-state index in [1.54, 1.807) is 18.7 Å². The van der Waals surface area contributed by atoms with Crippen LogP contribution in [0.4, 0.5) is 11.4 Å². The molecule has 5 aromatic rings. The Morgan fingerprint density at radius 1 is 0.921 bits per heavy atom. The van der Waals surface area contributed by atoms with Crippen molar-refractivity contribution in [3.8, 4) is 17.3 Å². The van der Waals surface area contributed by atoms with Crippen LogP contribution >= 0.6 is 0 Å². The zero-order chi connectivity index (χ0) is 26.3. The molecular weight excluding hydrogens is 472 g/mol. The van der Waals surface area contributed by atoms with Crippen LogP contribution in [0.2, 0.25) is 0 Å². The van der Waals surface area contributed by atoms with E-state index in [0.717, 1.165) is 70.7 Å². The maximum absolute atomic E-state index is 9.75. The molecule has 0 aliphatic rings. The number of nitriles is 1. The van der Waals surface area contributed by atoms with Crippen molar-refractivity contribution < 1.29 is 4.42 Å². The number of anilines is 2. The molecule has 0 atom stereocenters. The summed E-state index contributed by atoms with van der Waals surface area (Å²) in [5, 5.41) is 17.5. The van der Waals surface area contributed by atoms with Crippen LogP contribution in [0.15, 0.2) is 90.0 Å². The molecule has 2 N–H and O–H groups in total. The van der Waals surface area contributed by atoms with Crippen molar-refractivity contribution in [1.82, 2.24) is 20.2 Å². The Balaban J connectivity index is 1.33. The third-order valence-electron chi connectivity index (χ3n) is 6.39. The number of furan rings is 1. The Bertz CT molecular complexity index is 1540. The van der Waals surface area contributed by atoms with E-state index in [2.05, 4.69) is 63.9 Å². The normalized spacial score (nSPS) is 11.1. The molecule has 0 aliphatic carbocycles. The summed E-state index contributed by atoms with van der Waals surface area (Å²) in [5.74, 6) is 0. The lowest BCUT2D eigenvalue weighted by Gasteiger charge is -2.13. The van der Waals surface area contributed by atoms with E-state index < -0.39 is 0 Å². The number of nitrogens with one attached hydrogen (secondary N) is 2. The first-order valence-corrected chi connectivity index (χ1v) is 12.6. The van der Waals surface area contributed by atoms with Crippen LogP contribution in [-0.4, -0.2) is 42.1 Å². The number of fused-ring (bicyclic) bond motifs is 1. The summed E-state index contributed by atoms with van der Waals surface area (Å²) in [6.45, 7) is 2.72. The topological polar surface area (TPSA) is 90.0 Å². The number of nitrogens with zero attached hydrogens (tertiary/aromatic N) is 4. The molecule has 0 spiro atoms. The van der Waals surface area contributed by atoms with Crippen LogP contribution < -0.4 is 10.6 Å². The van der Waals surface area contributed by atoms with Gasteiger partial charge in [-0.05, 0) is 67.2 Å². The van der Waals surface area contributed by atoms with Crippen molar-refractivity contribution in [3.05, 3.63) is 108 Å². The highest BCUT2D eigenvalue weighted by Gasteiger charge is 2.11. The van der Waals surface area contributed by atoms with Gasteiger partial charge in [-0.2, -0.15) is 5.26 Å². The minimum atomic E-state index is 0.497. The van der Waals surface area contributed by atoms with Crippen LogP contribution in [0.1, 0.15) is 22.3 Å². The summed E-state index contributed by atoms with van der Waals surface area (Å²) in [4.78, 5) is 11.4. The summed E-state index contributed by atoms with van der Waals surface area (Å²) in [5.41, 5.74) is 8.29. The van der Waals surface area contributed by atoms with Crippen molar-refractivity contribution in [2.24, 2.45) is 0 Å². The van der Waals surface area contributed by atoms with Gasteiger partial charge in [-0.25, -0.2) is 0 Å². The van der Waals surface area contributed by atoms with Crippen molar-refractivity contribution in [1.29, 1.82) is 5.26 Å². The van der Waals surface area contributed by atoms with Gasteiger partial charge in [-0.3, -0.25) is 9.97 Å². The highest BCUT2D eigenvalue weighted by Crippen LogP contribution is 2.31. The molecule has 3 heterocycles. The first-order chi connectivity index (χ1) is 18.6. The van der Waals surface area contributed by atoms with Gasteiger partial charge in [-0.1, -0.05) is 24.3 Å². The predicted molar refractivity (Wildman–Crippen MR) is 151 cm³/mol. The fraction of sp³-hybridized carbons (Fsp3) is 0.194. The number of benzene rings is 2. The molecule has 190 valence electrons. The fourth-order valence-electron chi connectivity index (χ4n) is 4.29. The second-order valence-corrected chi connectivity index (χ2v) is 9.55. The van der Waals surface area contributed by atoms with Gasteiger partial charge in [0.25, 0.3) is 0 Å². The second kappa shape index (κ2) is 11.7. The lowest BCUT2D eigenvalue weighted by atomic mass is 10.0. The Kier molecular flexibility index (Phi) is 7.74. The lowest BCUT2D eigenvalue weighted by molar-refractivity contribution is 0.400. The first kappa shape index (κ1) is 25.2. The monoisotopic (exact) mass is 502 g/mol. The van der Waals surface area contributed by atoms with Gasteiger partial charge in [0.15, 0.2) is 0 Å². The number of pyridine rings is 2. The van der Waals surface area contributed by atoms with E-state index in [1.165, 1.54) is 5.56 Å². The van der Waals surface area contributed by atoms with Crippen LogP contribution in [0, 0.1) is 11.3 Å². The first-order valence-electron chi connectivity index (χ1n) is 12.6. The summed E-state index contributed by atoms with van der Waals surface area (Å²) in [6.07, 6.45) is 7.79. The lowest BCUT2D eigenvalue weighted by Crippen LogP contribution is -2.26. The molecule has 0 fully saturated rings. The molecule has 0 bridgehead atoms. The minimum absolute atomic E-state index is 0.497. The molecule has 0 unspecified atom stereocenters. The Hall–Kier alpha value is -4.51. The van der Waals surface area contributed by atoms with Crippen molar-refractivity contribution in [2.75, 3.05) is 32.5 Å². The van der Waals surface area contributed by atoms with E-state index in [0.29, 0.717) is 5.56 Å². The van der Waals surface area contributed by atoms with E-state index in [4.69, 9.17) is 4.42 Å². The van der Waals surface area contributed by atoms with E-state index >= 15 is 0 Å². The molecule has 7 heteroatoms. The van der Waals surface area contributed by atoms with Crippen molar-refractivity contribution in [2.45, 2.75) is 13.0 Å². The smallest absolute Gasteiger partial charge is 0.103 e. The molecule has 5 rings (SSSR count). The highest BCUT2D eigenvalue weighted by atomic mass is 16.3. The molecular formula is C31H30N6O. The molecule has 0 amide bonds. The van der Waals surface area contributed by atoms with Gasteiger partial charge in [0.1, 0.15) is 6.07 Å². The minimum Gasteiger partial charge on any atom is -0.472 e.